The summed E-state index contributed by atoms with van der Waals surface area (Å²) in [6.45, 7) is 1.67. The van der Waals surface area contributed by atoms with E-state index in [0.29, 0.717) is 6.42 Å². The summed E-state index contributed by atoms with van der Waals surface area (Å²) in [7, 11) is -2.81. The summed E-state index contributed by atoms with van der Waals surface area (Å²) in [5.41, 5.74) is 1.21. The van der Waals surface area contributed by atoms with E-state index in [1.807, 2.05) is 6.08 Å². The van der Waals surface area contributed by atoms with Crippen LogP contribution in [0.4, 0.5) is 0 Å². The average Bonchev–Trinajstić information content (AvgIpc) is 2.51. The minimum absolute atomic E-state index is 0.231. The van der Waals surface area contributed by atoms with Gasteiger partial charge in [-0.2, -0.15) is 0 Å². The Kier molecular flexibility index (Phi) is 4.13. The summed E-state index contributed by atoms with van der Waals surface area (Å²) in [6, 6.07) is 0. The number of sulfone groups is 1. The molecule has 0 radical (unpaired) electrons. The lowest BCUT2D eigenvalue weighted by atomic mass is 10.1. The van der Waals surface area contributed by atoms with Gasteiger partial charge in [-0.25, -0.2) is 8.42 Å². The van der Waals surface area contributed by atoms with E-state index in [1.54, 1.807) is 6.92 Å². The van der Waals surface area contributed by atoms with Crippen LogP contribution in [-0.2, 0) is 9.84 Å². The van der Waals surface area contributed by atoms with E-state index in [4.69, 9.17) is 0 Å². The Hall–Kier alpha value is -0.350. The molecule has 4 heteroatoms. The summed E-state index contributed by atoms with van der Waals surface area (Å²) >= 11 is 0. The van der Waals surface area contributed by atoms with E-state index in [-0.39, 0.29) is 17.6 Å². The molecule has 0 saturated heterocycles. The third-order valence-electron chi connectivity index (χ3n) is 2.58. The molecular formula is C10H18O3S. The topological polar surface area (TPSA) is 54.4 Å². The summed E-state index contributed by atoms with van der Waals surface area (Å²) in [6.07, 6.45) is 4.79. The monoisotopic (exact) mass is 218 g/mol. The highest BCUT2D eigenvalue weighted by Crippen LogP contribution is 2.22. The van der Waals surface area contributed by atoms with Crippen LogP contribution in [0, 0.1) is 0 Å². The maximum atomic E-state index is 11.2. The molecule has 0 aromatic rings. The summed E-state index contributed by atoms with van der Waals surface area (Å²) < 4.78 is 22.3. The second-order valence-electron chi connectivity index (χ2n) is 3.77. The molecule has 0 saturated carbocycles. The van der Waals surface area contributed by atoms with Crippen LogP contribution in [0.15, 0.2) is 11.6 Å². The van der Waals surface area contributed by atoms with Gasteiger partial charge in [-0.3, -0.25) is 0 Å². The van der Waals surface area contributed by atoms with Crippen LogP contribution in [-0.4, -0.2) is 31.1 Å². The molecule has 0 fully saturated rings. The molecule has 0 aliphatic heterocycles. The third-order valence-corrected chi connectivity index (χ3v) is 4.37. The first-order chi connectivity index (χ1) is 6.53. The van der Waals surface area contributed by atoms with Crippen LogP contribution < -0.4 is 0 Å². The average molecular weight is 218 g/mol. The molecule has 0 heterocycles. The van der Waals surface area contributed by atoms with Crippen molar-refractivity contribution in [2.45, 2.75) is 38.7 Å². The van der Waals surface area contributed by atoms with E-state index in [9.17, 15) is 13.5 Å². The lowest BCUT2D eigenvalue weighted by Crippen LogP contribution is -2.08. The second-order valence-corrected chi connectivity index (χ2v) is 6.24. The zero-order valence-corrected chi connectivity index (χ0v) is 9.39. The summed E-state index contributed by atoms with van der Waals surface area (Å²) in [5, 5.41) is 9.21. The fraction of sp³-hybridized carbons (Fsp3) is 0.800. The highest BCUT2D eigenvalue weighted by Gasteiger charge is 2.13. The predicted octanol–water partition coefficient (Wildman–Crippen LogP) is 1.28. The Bertz CT molecular complexity index is 303. The highest BCUT2D eigenvalue weighted by atomic mass is 32.2. The van der Waals surface area contributed by atoms with E-state index in [0.717, 1.165) is 19.3 Å². The minimum atomic E-state index is -2.81. The first-order valence-electron chi connectivity index (χ1n) is 5.11. The predicted molar refractivity (Wildman–Crippen MR) is 56.9 cm³/mol. The van der Waals surface area contributed by atoms with Crippen molar-refractivity contribution < 1.29 is 13.5 Å². The van der Waals surface area contributed by atoms with Gasteiger partial charge in [-0.15, -0.1) is 0 Å². The van der Waals surface area contributed by atoms with E-state index >= 15 is 0 Å². The van der Waals surface area contributed by atoms with Crippen molar-refractivity contribution in [3.8, 4) is 0 Å². The highest BCUT2D eigenvalue weighted by molar-refractivity contribution is 7.91. The standard InChI is InChI=1S/C10H18O3S/c1-2-14(12,13)7-3-4-9-5-6-10(11)8-9/h8,10-11H,2-7H2,1H3. The number of rotatable bonds is 5. The molecule has 1 atom stereocenters. The largest absolute Gasteiger partial charge is 0.389 e. The van der Waals surface area contributed by atoms with Crippen LogP contribution in [0.2, 0.25) is 0 Å². The SMILES string of the molecule is CCS(=O)(=O)CCCC1=CC(O)CC1. The molecule has 14 heavy (non-hydrogen) atoms. The Morgan fingerprint density at radius 3 is 2.79 bits per heavy atom. The lowest BCUT2D eigenvalue weighted by Gasteiger charge is -2.01. The van der Waals surface area contributed by atoms with Gasteiger partial charge in [0.05, 0.1) is 11.9 Å². The molecule has 0 bridgehead atoms. The normalized spacial score (nSPS) is 22.4. The van der Waals surface area contributed by atoms with Gasteiger partial charge in [0.15, 0.2) is 0 Å². The molecule has 0 amide bonds. The van der Waals surface area contributed by atoms with Crippen LogP contribution in [0.5, 0.6) is 0 Å². The molecule has 0 spiro atoms. The maximum absolute atomic E-state index is 11.2. The van der Waals surface area contributed by atoms with Gasteiger partial charge in [0, 0.05) is 5.75 Å². The molecule has 1 unspecified atom stereocenters. The van der Waals surface area contributed by atoms with Crippen molar-refractivity contribution in [1.29, 1.82) is 0 Å². The minimum Gasteiger partial charge on any atom is -0.389 e. The van der Waals surface area contributed by atoms with E-state index in [2.05, 4.69) is 0 Å². The Morgan fingerprint density at radius 1 is 1.57 bits per heavy atom. The van der Waals surface area contributed by atoms with Crippen molar-refractivity contribution in [3.63, 3.8) is 0 Å². The van der Waals surface area contributed by atoms with Crippen molar-refractivity contribution in [1.82, 2.24) is 0 Å². The molecule has 0 aromatic carbocycles. The molecular weight excluding hydrogens is 200 g/mol. The van der Waals surface area contributed by atoms with Gasteiger partial charge in [0.25, 0.3) is 0 Å². The first kappa shape index (κ1) is 11.7. The van der Waals surface area contributed by atoms with Crippen molar-refractivity contribution >= 4 is 9.84 Å². The van der Waals surface area contributed by atoms with Gasteiger partial charge in [-0.05, 0) is 25.7 Å². The van der Waals surface area contributed by atoms with E-state index in [1.165, 1.54) is 5.57 Å². The zero-order valence-electron chi connectivity index (χ0n) is 8.57. The fourth-order valence-electron chi connectivity index (χ4n) is 1.64. The molecule has 1 N–H and O–H groups in total. The first-order valence-corrected chi connectivity index (χ1v) is 6.93. The van der Waals surface area contributed by atoms with Gasteiger partial charge < -0.3 is 5.11 Å². The Morgan fingerprint density at radius 2 is 2.29 bits per heavy atom. The van der Waals surface area contributed by atoms with Crippen LogP contribution in [0.1, 0.15) is 32.6 Å². The van der Waals surface area contributed by atoms with Crippen molar-refractivity contribution in [2.24, 2.45) is 0 Å². The number of allylic oxidation sites excluding steroid dienone is 1. The molecule has 1 aliphatic rings. The molecule has 3 nitrogen and oxygen atoms in total. The fourth-order valence-corrected chi connectivity index (χ4v) is 2.52. The maximum Gasteiger partial charge on any atom is 0.150 e. The van der Waals surface area contributed by atoms with Crippen LogP contribution in [0.25, 0.3) is 0 Å². The van der Waals surface area contributed by atoms with Gasteiger partial charge >= 0.3 is 0 Å². The van der Waals surface area contributed by atoms with Crippen LogP contribution in [0.3, 0.4) is 0 Å². The molecule has 0 aromatic heterocycles. The van der Waals surface area contributed by atoms with E-state index < -0.39 is 9.84 Å². The second kappa shape index (κ2) is 4.94. The molecule has 1 rings (SSSR count). The van der Waals surface area contributed by atoms with Crippen LogP contribution >= 0.6 is 0 Å². The quantitative estimate of drug-likeness (QED) is 0.707. The Balaban J connectivity index is 2.26. The third kappa shape index (κ3) is 3.80. The van der Waals surface area contributed by atoms with Gasteiger partial charge in [0.1, 0.15) is 9.84 Å². The number of aliphatic hydroxyl groups excluding tert-OH is 1. The van der Waals surface area contributed by atoms with Gasteiger partial charge in [-0.1, -0.05) is 18.6 Å². The number of aliphatic hydroxyl groups is 1. The smallest absolute Gasteiger partial charge is 0.150 e. The summed E-state index contributed by atoms with van der Waals surface area (Å²) in [4.78, 5) is 0. The zero-order chi connectivity index (χ0) is 10.6. The lowest BCUT2D eigenvalue weighted by molar-refractivity contribution is 0.223. The number of hydrogen-bond donors (Lipinski definition) is 1. The summed E-state index contributed by atoms with van der Waals surface area (Å²) in [5.74, 6) is 0.506. The molecule has 1 aliphatic carbocycles. The van der Waals surface area contributed by atoms with Crippen molar-refractivity contribution in [3.05, 3.63) is 11.6 Å². The van der Waals surface area contributed by atoms with Gasteiger partial charge in [0.2, 0.25) is 0 Å². The Labute approximate surface area is 85.7 Å². The number of hydrogen-bond acceptors (Lipinski definition) is 3. The van der Waals surface area contributed by atoms with Crippen molar-refractivity contribution in [2.75, 3.05) is 11.5 Å². The molecule has 82 valence electrons.